The average molecular weight is 458 g/mol. The number of Topliss-reactive ketones (excluding diaryl/α,β-unsaturated/α-hetero) is 1. The third-order valence-corrected chi connectivity index (χ3v) is 5.69. The lowest BCUT2D eigenvalue weighted by molar-refractivity contribution is -0.119. The van der Waals surface area contributed by atoms with E-state index in [-0.39, 0.29) is 11.3 Å². The Kier molecular flexibility index (Phi) is 7.03. The van der Waals surface area contributed by atoms with Crippen LogP contribution in [0.25, 0.3) is 12.2 Å². The van der Waals surface area contributed by atoms with E-state index in [0.29, 0.717) is 32.3 Å². The van der Waals surface area contributed by atoms with Crippen LogP contribution in [0.4, 0.5) is 0 Å². The highest BCUT2D eigenvalue weighted by Gasteiger charge is 2.18. The fourth-order valence-electron chi connectivity index (χ4n) is 2.65. The highest BCUT2D eigenvalue weighted by Crippen LogP contribution is 2.29. The maximum absolute atomic E-state index is 12.3. The van der Waals surface area contributed by atoms with E-state index >= 15 is 0 Å². The molecule has 0 fully saturated rings. The van der Waals surface area contributed by atoms with E-state index in [1.165, 1.54) is 17.4 Å². The Bertz CT molecular complexity index is 1250. The van der Waals surface area contributed by atoms with Gasteiger partial charge in [0.1, 0.15) is 6.61 Å². The van der Waals surface area contributed by atoms with Crippen molar-refractivity contribution in [1.29, 1.82) is 0 Å². The molecule has 1 aromatic heterocycles. The van der Waals surface area contributed by atoms with Crippen LogP contribution in [0.3, 0.4) is 0 Å². The second-order valence-electron chi connectivity index (χ2n) is 8.01. The Balaban J connectivity index is 1.85. The van der Waals surface area contributed by atoms with Gasteiger partial charge in [0.2, 0.25) is 0 Å². The molecule has 1 N–H and O–H groups in total. The molecular weight excluding hydrogens is 434 g/mol. The summed E-state index contributed by atoms with van der Waals surface area (Å²) >= 11 is 7.15. The summed E-state index contributed by atoms with van der Waals surface area (Å²) in [5, 5.41) is 0.674. The van der Waals surface area contributed by atoms with Gasteiger partial charge < -0.3 is 14.5 Å². The van der Waals surface area contributed by atoms with Crippen molar-refractivity contribution in [2.24, 2.45) is 5.41 Å². The molecular formula is C24H24ClNO4S. The summed E-state index contributed by atoms with van der Waals surface area (Å²) in [6.07, 6.45) is 3.24. The zero-order valence-electron chi connectivity index (χ0n) is 17.8. The summed E-state index contributed by atoms with van der Waals surface area (Å²) in [6, 6.07) is 12.9. The number of halogens is 1. The summed E-state index contributed by atoms with van der Waals surface area (Å²) < 4.78 is 12.4. The number of carbonyl (C=O) groups excluding carboxylic acids is 1. The number of hydrogen-bond acceptors (Lipinski definition) is 5. The minimum atomic E-state index is -0.500. The monoisotopic (exact) mass is 457 g/mol. The minimum absolute atomic E-state index is 0.0413. The first-order chi connectivity index (χ1) is 14.7. The van der Waals surface area contributed by atoms with Crippen molar-refractivity contribution >= 4 is 40.9 Å². The molecule has 0 spiro atoms. The number of methoxy groups -OCH3 is 1. The largest absolute Gasteiger partial charge is 0.493 e. The average Bonchev–Trinajstić information content (AvgIpc) is 3.06. The molecule has 0 aliphatic carbocycles. The van der Waals surface area contributed by atoms with Gasteiger partial charge in [0.25, 0.3) is 5.56 Å². The van der Waals surface area contributed by atoms with Crippen LogP contribution in [-0.2, 0) is 11.4 Å². The van der Waals surface area contributed by atoms with Gasteiger partial charge in [0, 0.05) is 16.5 Å². The Morgan fingerprint density at radius 1 is 1.13 bits per heavy atom. The molecule has 7 heteroatoms. The van der Waals surface area contributed by atoms with Crippen LogP contribution >= 0.6 is 22.9 Å². The van der Waals surface area contributed by atoms with E-state index in [0.717, 1.165) is 11.1 Å². The second-order valence-corrected chi connectivity index (χ2v) is 9.53. The Labute approximate surface area is 189 Å². The molecule has 5 nitrogen and oxygen atoms in total. The number of H-pyrrole nitrogens is 1. The SMILES string of the molecule is COc1cc(/C=c2\s/c(=C\C(=O)C(C)(C)C)[nH]c2=O)ccc1OCc1ccc(Cl)cc1. The van der Waals surface area contributed by atoms with Crippen LogP contribution in [0.15, 0.2) is 47.3 Å². The number of ketones is 1. The molecule has 1 heterocycles. The van der Waals surface area contributed by atoms with Gasteiger partial charge in [-0.05, 0) is 41.5 Å². The molecule has 0 atom stereocenters. The summed E-state index contributed by atoms with van der Waals surface area (Å²) in [4.78, 5) is 27.2. The normalized spacial score (nSPS) is 12.8. The van der Waals surface area contributed by atoms with Gasteiger partial charge in [0.05, 0.1) is 16.3 Å². The van der Waals surface area contributed by atoms with Gasteiger partial charge >= 0.3 is 0 Å². The van der Waals surface area contributed by atoms with E-state index < -0.39 is 5.41 Å². The predicted octanol–water partition coefficient (Wildman–Crippen LogP) is 3.90. The van der Waals surface area contributed by atoms with Crippen LogP contribution in [0.5, 0.6) is 11.5 Å². The van der Waals surface area contributed by atoms with E-state index in [9.17, 15) is 9.59 Å². The Morgan fingerprint density at radius 2 is 1.84 bits per heavy atom. The highest BCUT2D eigenvalue weighted by atomic mass is 35.5. The van der Waals surface area contributed by atoms with Gasteiger partial charge in [-0.15, -0.1) is 11.3 Å². The van der Waals surface area contributed by atoms with Gasteiger partial charge in [-0.1, -0.05) is 50.6 Å². The molecule has 0 unspecified atom stereocenters. The smallest absolute Gasteiger partial charge is 0.266 e. The number of thiazole rings is 1. The maximum Gasteiger partial charge on any atom is 0.266 e. The standard InChI is InChI=1S/C24H24ClNO4S/c1-24(2,3)21(27)13-22-26-23(28)20(31-22)12-16-7-10-18(19(11-16)29-4)30-14-15-5-8-17(25)9-6-15/h5-13H,14H2,1-4H3,(H,26,28)/b20-12-,22-13-. The molecule has 2 aromatic carbocycles. The van der Waals surface area contributed by atoms with Gasteiger partial charge in [0.15, 0.2) is 17.3 Å². The molecule has 0 bridgehead atoms. The molecule has 3 rings (SSSR count). The van der Waals surface area contributed by atoms with E-state index in [4.69, 9.17) is 21.1 Å². The first-order valence-electron chi connectivity index (χ1n) is 9.68. The molecule has 162 valence electrons. The van der Waals surface area contributed by atoms with Crippen LogP contribution in [-0.4, -0.2) is 17.9 Å². The Hall–Kier alpha value is -2.83. The summed E-state index contributed by atoms with van der Waals surface area (Å²) in [5.41, 5.74) is 1.04. The number of hydrogen-bond donors (Lipinski definition) is 1. The molecule has 0 saturated heterocycles. The number of ether oxygens (including phenoxy) is 2. The van der Waals surface area contributed by atoms with Crippen molar-refractivity contribution < 1.29 is 14.3 Å². The summed E-state index contributed by atoms with van der Waals surface area (Å²) in [5.74, 6) is 1.12. The second kappa shape index (κ2) is 9.54. The zero-order valence-corrected chi connectivity index (χ0v) is 19.4. The lowest BCUT2D eigenvalue weighted by Crippen LogP contribution is -2.22. The van der Waals surface area contributed by atoms with Crippen molar-refractivity contribution in [3.8, 4) is 11.5 Å². The zero-order chi connectivity index (χ0) is 22.6. The van der Waals surface area contributed by atoms with Crippen molar-refractivity contribution in [2.75, 3.05) is 7.11 Å². The predicted molar refractivity (Wildman–Crippen MR) is 125 cm³/mol. The van der Waals surface area contributed by atoms with Gasteiger partial charge in [-0.25, -0.2) is 0 Å². The minimum Gasteiger partial charge on any atom is -0.493 e. The van der Waals surface area contributed by atoms with Crippen LogP contribution in [0, 0.1) is 5.41 Å². The quantitative estimate of drug-likeness (QED) is 0.609. The third-order valence-electron chi connectivity index (χ3n) is 4.47. The topological polar surface area (TPSA) is 68.4 Å². The van der Waals surface area contributed by atoms with Crippen LogP contribution < -0.4 is 24.2 Å². The molecule has 0 aliphatic rings. The molecule has 3 aromatic rings. The molecule has 0 saturated carbocycles. The fraction of sp³-hybridized carbons (Fsp3) is 0.250. The summed E-state index contributed by atoms with van der Waals surface area (Å²) in [7, 11) is 1.57. The van der Waals surface area contributed by atoms with Crippen LogP contribution in [0.1, 0.15) is 31.9 Å². The lowest BCUT2D eigenvalue weighted by atomic mass is 9.91. The molecule has 0 amide bonds. The van der Waals surface area contributed by atoms with Crippen molar-refractivity contribution in [1.82, 2.24) is 4.98 Å². The fourth-order valence-corrected chi connectivity index (χ4v) is 3.66. The number of aromatic amines is 1. The van der Waals surface area contributed by atoms with E-state index in [2.05, 4.69) is 4.98 Å². The Morgan fingerprint density at radius 3 is 2.48 bits per heavy atom. The van der Waals surface area contributed by atoms with Crippen molar-refractivity contribution in [3.63, 3.8) is 0 Å². The van der Waals surface area contributed by atoms with Gasteiger partial charge in [-0.3, -0.25) is 9.59 Å². The first-order valence-corrected chi connectivity index (χ1v) is 10.9. The number of nitrogens with one attached hydrogen (secondary N) is 1. The molecule has 0 radical (unpaired) electrons. The number of carbonyl (C=O) groups is 1. The van der Waals surface area contributed by atoms with Gasteiger partial charge in [-0.2, -0.15) is 0 Å². The maximum atomic E-state index is 12.3. The third kappa shape index (κ3) is 6.09. The van der Waals surface area contributed by atoms with Crippen molar-refractivity contribution in [2.45, 2.75) is 27.4 Å². The number of benzene rings is 2. The first kappa shape index (κ1) is 22.8. The molecule has 0 aliphatic heterocycles. The summed E-state index contributed by atoms with van der Waals surface area (Å²) in [6.45, 7) is 5.90. The number of rotatable bonds is 6. The number of aromatic nitrogens is 1. The highest BCUT2D eigenvalue weighted by molar-refractivity contribution is 7.07. The van der Waals surface area contributed by atoms with E-state index in [1.807, 2.05) is 51.1 Å². The molecule has 31 heavy (non-hydrogen) atoms. The van der Waals surface area contributed by atoms with Crippen molar-refractivity contribution in [3.05, 3.63) is 78.2 Å². The lowest BCUT2D eigenvalue weighted by Gasteiger charge is -2.12. The van der Waals surface area contributed by atoms with Crippen LogP contribution in [0.2, 0.25) is 5.02 Å². The van der Waals surface area contributed by atoms with E-state index in [1.54, 1.807) is 25.3 Å².